The van der Waals surface area contributed by atoms with Gasteiger partial charge >= 0.3 is 12.1 Å². The van der Waals surface area contributed by atoms with Crippen molar-refractivity contribution >= 4 is 34.7 Å². The molecule has 0 radical (unpaired) electrons. The van der Waals surface area contributed by atoms with Crippen LogP contribution in [0.25, 0.3) is 0 Å². The van der Waals surface area contributed by atoms with Crippen molar-refractivity contribution in [3.8, 4) is 5.88 Å². The fourth-order valence-electron chi connectivity index (χ4n) is 2.95. The van der Waals surface area contributed by atoms with Gasteiger partial charge in [-0.3, -0.25) is 0 Å². The average Bonchev–Trinajstić information content (AvgIpc) is 3.56. The molecule has 1 heterocycles. The number of ether oxygens (including phenoxy) is 2. The number of carbonyl (C=O) groups excluding carboxylic acids is 1. The maximum absolute atomic E-state index is 14.5. The topological polar surface area (TPSA) is 84.3 Å². The van der Waals surface area contributed by atoms with Crippen LogP contribution in [0.3, 0.4) is 0 Å². The Hall–Kier alpha value is -2.88. The summed E-state index contributed by atoms with van der Waals surface area (Å²) in [4.78, 5) is 15.8. The molecule has 0 amide bonds. The van der Waals surface area contributed by atoms with Crippen molar-refractivity contribution in [3.63, 3.8) is 0 Å². The smallest absolute Gasteiger partial charge is 0.389 e. The summed E-state index contributed by atoms with van der Waals surface area (Å²) in [5.41, 5.74) is 0.910. The van der Waals surface area contributed by atoms with Crippen LogP contribution in [0.15, 0.2) is 24.4 Å². The molecule has 0 unspecified atom stereocenters. The summed E-state index contributed by atoms with van der Waals surface area (Å²) >= 11 is 6.12. The van der Waals surface area contributed by atoms with Crippen LogP contribution in [0.2, 0.25) is 5.02 Å². The SMILES string of the molecule is COC(=O)c1cc(C(=N)C2CC2)c(Nc2cnc(OCCCC(F)(F)F)c(Cl)c2)cc1F. The molecule has 1 fully saturated rings. The van der Waals surface area contributed by atoms with Crippen LogP contribution in [0.1, 0.15) is 41.6 Å². The molecule has 1 aromatic carbocycles. The standard InChI is InChI=1S/C21H20ClF4N3O3/c1-31-20(30)13-8-14(18(27)11-3-4-11)17(9-16(13)23)29-12-7-15(22)19(28-10-12)32-6-2-5-21(24,25)26/h7-11,27,29H,2-6H2,1H3. The molecule has 0 atom stereocenters. The molecular formula is C21H20ClF4N3O3. The van der Waals surface area contributed by atoms with Crippen LogP contribution in [0.5, 0.6) is 5.88 Å². The third kappa shape index (κ3) is 6.09. The number of alkyl halides is 3. The number of hydrogen-bond acceptors (Lipinski definition) is 6. The molecule has 1 aliphatic rings. The Morgan fingerprint density at radius 3 is 2.59 bits per heavy atom. The molecule has 11 heteroatoms. The molecule has 0 saturated heterocycles. The van der Waals surface area contributed by atoms with Gasteiger partial charge in [0.05, 0.1) is 36.9 Å². The van der Waals surface area contributed by atoms with E-state index in [4.69, 9.17) is 21.7 Å². The van der Waals surface area contributed by atoms with E-state index in [1.54, 1.807) is 0 Å². The van der Waals surface area contributed by atoms with E-state index in [9.17, 15) is 22.4 Å². The largest absolute Gasteiger partial charge is 0.477 e. The van der Waals surface area contributed by atoms with Gasteiger partial charge in [0, 0.05) is 23.6 Å². The van der Waals surface area contributed by atoms with Crippen LogP contribution in [-0.4, -0.2) is 36.6 Å². The Labute approximate surface area is 186 Å². The molecule has 172 valence electrons. The summed E-state index contributed by atoms with van der Waals surface area (Å²) in [5.74, 6) is -1.68. The zero-order chi connectivity index (χ0) is 23.5. The molecule has 1 aliphatic carbocycles. The van der Waals surface area contributed by atoms with Crippen molar-refractivity contribution in [2.24, 2.45) is 5.92 Å². The summed E-state index contributed by atoms with van der Waals surface area (Å²) in [6.07, 6.45) is -2.50. The van der Waals surface area contributed by atoms with Gasteiger partial charge in [-0.25, -0.2) is 14.2 Å². The minimum absolute atomic E-state index is 0.0284. The van der Waals surface area contributed by atoms with E-state index < -0.39 is 24.4 Å². The second-order valence-corrected chi connectivity index (χ2v) is 7.67. The number of aromatic nitrogens is 1. The van der Waals surface area contributed by atoms with Crippen molar-refractivity contribution in [2.45, 2.75) is 31.9 Å². The predicted molar refractivity (Wildman–Crippen MR) is 111 cm³/mol. The van der Waals surface area contributed by atoms with Crippen LogP contribution in [0, 0.1) is 17.1 Å². The fourth-order valence-corrected chi connectivity index (χ4v) is 3.18. The first-order chi connectivity index (χ1) is 15.1. The molecule has 6 nitrogen and oxygen atoms in total. The highest BCUT2D eigenvalue weighted by Gasteiger charge is 2.30. The maximum Gasteiger partial charge on any atom is 0.389 e. The highest BCUT2D eigenvalue weighted by molar-refractivity contribution is 6.32. The van der Waals surface area contributed by atoms with Gasteiger partial charge in [-0.1, -0.05) is 11.6 Å². The van der Waals surface area contributed by atoms with Gasteiger partial charge in [-0.15, -0.1) is 0 Å². The average molecular weight is 474 g/mol. The Bertz CT molecular complexity index is 1030. The Morgan fingerprint density at radius 1 is 1.28 bits per heavy atom. The van der Waals surface area contributed by atoms with Crippen LogP contribution in [0.4, 0.5) is 28.9 Å². The summed E-state index contributed by atoms with van der Waals surface area (Å²) < 4.78 is 60.9. The van der Waals surface area contributed by atoms with Crippen LogP contribution in [-0.2, 0) is 4.74 Å². The molecule has 1 saturated carbocycles. The highest BCUT2D eigenvalue weighted by atomic mass is 35.5. The number of nitrogens with zero attached hydrogens (tertiary/aromatic N) is 1. The van der Waals surface area contributed by atoms with Gasteiger partial charge in [-0.2, -0.15) is 13.2 Å². The molecule has 0 aliphatic heterocycles. The predicted octanol–water partition coefficient (Wildman–Crippen LogP) is 5.90. The summed E-state index contributed by atoms with van der Waals surface area (Å²) in [6.45, 7) is -0.206. The molecule has 2 aromatic rings. The quantitative estimate of drug-likeness (QED) is 0.205. The number of anilines is 2. The van der Waals surface area contributed by atoms with Crippen molar-refractivity contribution in [1.82, 2.24) is 4.98 Å². The van der Waals surface area contributed by atoms with Gasteiger partial charge in [0.15, 0.2) is 0 Å². The van der Waals surface area contributed by atoms with Crippen LogP contribution < -0.4 is 10.1 Å². The molecular weight excluding hydrogens is 454 g/mol. The minimum Gasteiger partial charge on any atom is -0.477 e. The fraction of sp³-hybridized carbons (Fsp3) is 0.381. The lowest BCUT2D eigenvalue weighted by molar-refractivity contribution is -0.136. The highest BCUT2D eigenvalue weighted by Crippen LogP contribution is 2.37. The van der Waals surface area contributed by atoms with Crippen molar-refractivity contribution in [1.29, 1.82) is 5.41 Å². The minimum atomic E-state index is -4.26. The number of nitrogens with one attached hydrogen (secondary N) is 2. The van der Waals surface area contributed by atoms with E-state index in [-0.39, 0.29) is 46.8 Å². The lowest BCUT2D eigenvalue weighted by Gasteiger charge is -2.16. The Balaban J connectivity index is 1.78. The van der Waals surface area contributed by atoms with Gasteiger partial charge in [0.1, 0.15) is 10.8 Å². The number of rotatable bonds is 9. The summed E-state index contributed by atoms with van der Waals surface area (Å²) in [7, 11) is 1.14. The lowest BCUT2D eigenvalue weighted by atomic mass is 10.0. The van der Waals surface area contributed by atoms with Gasteiger partial charge in [0.2, 0.25) is 5.88 Å². The van der Waals surface area contributed by atoms with E-state index in [1.807, 2.05) is 0 Å². The van der Waals surface area contributed by atoms with E-state index in [2.05, 4.69) is 15.0 Å². The first kappa shape index (κ1) is 23.8. The normalized spacial score (nSPS) is 13.6. The monoisotopic (exact) mass is 473 g/mol. The zero-order valence-electron chi connectivity index (χ0n) is 17.0. The molecule has 32 heavy (non-hydrogen) atoms. The number of hydrogen-bond donors (Lipinski definition) is 2. The molecule has 2 N–H and O–H groups in total. The number of esters is 1. The molecule has 0 spiro atoms. The second-order valence-electron chi connectivity index (χ2n) is 7.26. The molecule has 1 aromatic heterocycles. The number of pyridine rings is 1. The molecule has 0 bridgehead atoms. The first-order valence-corrected chi connectivity index (χ1v) is 10.1. The number of benzene rings is 1. The van der Waals surface area contributed by atoms with E-state index >= 15 is 0 Å². The first-order valence-electron chi connectivity index (χ1n) is 9.72. The summed E-state index contributed by atoms with van der Waals surface area (Å²) in [5, 5.41) is 11.4. The zero-order valence-corrected chi connectivity index (χ0v) is 17.7. The van der Waals surface area contributed by atoms with E-state index in [1.165, 1.54) is 18.3 Å². The maximum atomic E-state index is 14.5. The summed E-state index contributed by atoms with van der Waals surface area (Å²) in [6, 6.07) is 3.79. The third-order valence-corrected chi connectivity index (χ3v) is 4.99. The van der Waals surface area contributed by atoms with Gasteiger partial charge in [-0.05, 0) is 37.5 Å². The molecule has 3 rings (SSSR count). The van der Waals surface area contributed by atoms with E-state index in [0.717, 1.165) is 26.0 Å². The van der Waals surface area contributed by atoms with E-state index in [0.29, 0.717) is 11.3 Å². The number of carbonyl (C=O) groups is 1. The Kier molecular flexibility index (Phi) is 7.22. The van der Waals surface area contributed by atoms with Crippen molar-refractivity contribution in [2.75, 3.05) is 19.0 Å². The van der Waals surface area contributed by atoms with Gasteiger partial charge in [0.25, 0.3) is 0 Å². The third-order valence-electron chi connectivity index (χ3n) is 4.72. The second kappa shape index (κ2) is 9.72. The number of halogens is 5. The van der Waals surface area contributed by atoms with Crippen LogP contribution >= 0.6 is 11.6 Å². The van der Waals surface area contributed by atoms with Crippen molar-refractivity contribution < 1.29 is 31.8 Å². The lowest BCUT2D eigenvalue weighted by Crippen LogP contribution is -2.12. The van der Waals surface area contributed by atoms with Gasteiger partial charge < -0.3 is 20.2 Å². The Morgan fingerprint density at radius 2 is 2.00 bits per heavy atom. The number of methoxy groups -OCH3 is 1. The van der Waals surface area contributed by atoms with Crippen molar-refractivity contribution in [3.05, 3.63) is 46.4 Å².